The summed E-state index contributed by atoms with van der Waals surface area (Å²) in [7, 11) is 1.54. The number of hydrogen-bond acceptors (Lipinski definition) is 4. The molecular weight excluding hydrogens is 339 g/mol. The summed E-state index contributed by atoms with van der Waals surface area (Å²) >= 11 is 0. The van der Waals surface area contributed by atoms with Crippen LogP contribution in [0.3, 0.4) is 0 Å². The van der Waals surface area contributed by atoms with E-state index >= 15 is 0 Å². The van der Waals surface area contributed by atoms with Gasteiger partial charge in [0.2, 0.25) is 5.91 Å². The molecule has 1 atom stereocenters. The number of halogens is 1. The number of aryl methyl sites for hydroxylation is 1. The molecule has 1 aromatic heterocycles. The molecule has 0 saturated heterocycles. The predicted octanol–water partition coefficient (Wildman–Crippen LogP) is 1.26. The van der Waals surface area contributed by atoms with Gasteiger partial charge in [-0.1, -0.05) is 12.1 Å². The Morgan fingerprint density at radius 3 is 2.46 bits per heavy atom. The van der Waals surface area contributed by atoms with E-state index in [9.17, 15) is 18.8 Å². The molecule has 0 fully saturated rings. The highest BCUT2D eigenvalue weighted by Crippen LogP contribution is 2.19. The molecule has 0 bridgehead atoms. The summed E-state index contributed by atoms with van der Waals surface area (Å²) in [5, 5.41) is 9.05. The average molecular weight is 358 g/mol. The maximum absolute atomic E-state index is 13.0. The maximum atomic E-state index is 13.0. The van der Waals surface area contributed by atoms with Crippen molar-refractivity contribution in [3.05, 3.63) is 68.2 Å². The van der Waals surface area contributed by atoms with Gasteiger partial charge in [-0.25, -0.2) is 13.8 Å². The standard InChI is InChI=1S/C18H19FN4O3/c1-4-22-10-14(9-20)17(25)23(18(22)26)11-16(24)21(3)12(2)13-5-7-15(19)8-6-13/h5-8,10,12H,4,11H2,1-3H3. The molecule has 0 N–H and O–H groups in total. The number of aromatic nitrogens is 2. The number of hydrogen-bond donors (Lipinski definition) is 0. The van der Waals surface area contributed by atoms with E-state index < -0.39 is 23.7 Å². The summed E-state index contributed by atoms with van der Waals surface area (Å²) < 4.78 is 15.0. The van der Waals surface area contributed by atoms with Crippen molar-refractivity contribution in [3.8, 4) is 6.07 Å². The van der Waals surface area contributed by atoms with Crippen LogP contribution in [0, 0.1) is 17.1 Å². The number of carbonyl (C=O) groups excluding carboxylic acids is 1. The molecule has 136 valence electrons. The monoisotopic (exact) mass is 358 g/mol. The highest BCUT2D eigenvalue weighted by molar-refractivity contribution is 5.76. The Labute approximate surface area is 149 Å². The van der Waals surface area contributed by atoms with E-state index in [0.29, 0.717) is 5.56 Å². The quantitative estimate of drug-likeness (QED) is 0.805. The molecule has 8 heteroatoms. The minimum atomic E-state index is -0.793. The second kappa shape index (κ2) is 7.78. The molecule has 0 spiro atoms. The Morgan fingerprint density at radius 2 is 1.92 bits per heavy atom. The highest BCUT2D eigenvalue weighted by atomic mass is 19.1. The third-order valence-corrected chi connectivity index (χ3v) is 4.32. The SMILES string of the molecule is CCn1cc(C#N)c(=O)n(CC(=O)N(C)C(C)c2ccc(F)cc2)c1=O. The van der Waals surface area contributed by atoms with Crippen molar-refractivity contribution >= 4 is 5.91 Å². The first-order valence-electron chi connectivity index (χ1n) is 8.05. The molecule has 2 rings (SSSR count). The summed E-state index contributed by atoms with van der Waals surface area (Å²) in [5.74, 6) is -0.853. The van der Waals surface area contributed by atoms with Crippen molar-refractivity contribution in [3.63, 3.8) is 0 Å². The Morgan fingerprint density at radius 1 is 1.31 bits per heavy atom. The minimum Gasteiger partial charge on any atom is -0.337 e. The van der Waals surface area contributed by atoms with Gasteiger partial charge >= 0.3 is 5.69 Å². The van der Waals surface area contributed by atoms with Crippen LogP contribution < -0.4 is 11.2 Å². The Hall–Kier alpha value is -3.21. The first-order valence-corrected chi connectivity index (χ1v) is 8.05. The number of nitriles is 1. The van der Waals surface area contributed by atoms with Gasteiger partial charge in [0.25, 0.3) is 5.56 Å². The first kappa shape index (κ1) is 19.1. The molecule has 0 aliphatic carbocycles. The lowest BCUT2D eigenvalue weighted by Gasteiger charge is -2.25. The zero-order valence-corrected chi connectivity index (χ0v) is 14.8. The largest absolute Gasteiger partial charge is 0.337 e. The van der Waals surface area contributed by atoms with Gasteiger partial charge in [-0.2, -0.15) is 5.26 Å². The maximum Gasteiger partial charge on any atom is 0.331 e. The molecule has 1 unspecified atom stereocenters. The molecule has 7 nitrogen and oxygen atoms in total. The van der Waals surface area contributed by atoms with Crippen LogP contribution in [0.25, 0.3) is 0 Å². The molecule has 1 aromatic carbocycles. The Bertz CT molecular complexity index is 970. The summed E-state index contributed by atoms with van der Waals surface area (Å²) in [6.45, 7) is 3.24. The van der Waals surface area contributed by atoms with Crippen molar-refractivity contribution in [1.29, 1.82) is 5.26 Å². The smallest absolute Gasteiger partial charge is 0.331 e. The summed E-state index contributed by atoms with van der Waals surface area (Å²) in [5.41, 5.74) is -0.925. The molecule has 0 aliphatic heterocycles. The molecule has 0 radical (unpaired) electrons. The van der Waals surface area contributed by atoms with E-state index in [0.717, 1.165) is 4.57 Å². The fraction of sp³-hybridized carbons (Fsp3) is 0.333. The average Bonchev–Trinajstić information content (AvgIpc) is 2.64. The summed E-state index contributed by atoms with van der Waals surface area (Å²) in [6, 6.07) is 7.08. The normalized spacial score (nSPS) is 11.7. The van der Waals surface area contributed by atoms with Gasteiger partial charge in [0.05, 0.1) is 6.04 Å². The molecule has 2 aromatic rings. The lowest BCUT2D eigenvalue weighted by Crippen LogP contribution is -2.45. The second-order valence-corrected chi connectivity index (χ2v) is 5.85. The van der Waals surface area contributed by atoms with Crippen LogP contribution in [0.2, 0.25) is 0 Å². The van der Waals surface area contributed by atoms with E-state index in [4.69, 9.17) is 5.26 Å². The Balaban J connectivity index is 2.32. The molecular formula is C18H19FN4O3. The van der Waals surface area contributed by atoms with Crippen LogP contribution in [0.1, 0.15) is 31.0 Å². The number of amides is 1. The third kappa shape index (κ3) is 3.72. The molecule has 0 saturated carbocycles. The van der Waals surface area contributed by atoms with Crippen molar-refractivity contribution in [2.24, 2.45) is 0 Å². The van der Waals surface area contributed by atoms with E-state index in [-0.39, 0.29) is 24.0 Å². The number of carbonyl (C=O) groups is 1. The number of rotatable bonds is 5. The van der Waals surface area contributed by atoms with Gasteiger partial charge in [0.15, 0.2) is 0 Å². The van der Waals surface area contributed by atoms with Gasteiger partial charge in [-0.15, -0.1) is 0 Å². The van der Waals surface area contributed by atoms with E-state index in [1.54, 1.807) is 32.0 Å². The molecule has 26 heavy (non-hydrogen) atoms. The number of likely N-dealkylation sites (N-methyl/N-ethyl adjacent to an activating group) is 1. The van der Waals surface area contributed by atoms with Crippen LogP contribution in [-0.4, -0.2) is 27.0 Å². The second-order valence-electron chi connectivity index (χ2n) is 5.85. The third-order valence-electron chi connectivity index (χ3n) is 4.32. The summed E-state index contributed by atoms with van der Waals surface area (Å²) in [4.78, 5) is 38.5. The fourth-order valence-corrected chi connectivity index (χ4v) is 2.52. The van der Waals surface area contributed by atoms with Gasteiger partial charge in [0.1, 0.15) is 24.0 Å². The van der Waals surface area contributed by atoms with Crippen LogP contribution in [0.15, 0.2) is 40.1 Å². The fourth-order valence-electron chi connectivity index (χ4n) is 2.52. The predicted molar refractivity (Wildman–Crippen MR) is 92.9 cm³/mol. The van der Waals surface area contributed by atoms with Crippen LogP contribution >= 0.6 is 0 Å². The van der Waals surface area contributed by atoms with E-state index in [2.05, 4.69) is 0 Å². The minimum absolute atomic E-state index is 0.200. The van der Waals surface area contributed by atoms with Crippen LogP contribution in [-0.2, 0) is 17.9 Å². The lowest BCUT2D eigenvalue weighted by atomic mass is 10.1. The first-order chi connectivity index (χ1) is 12.3. The van der Waals surface area contributed by atoms with Crippen molar-refractivity contribution < 1.29 is 9.18 Å². The number of benzene rings is 1. The molecule has 0 aliphatic rings. The topological polar surface area (TPSA) is 88.1 Å². The van der Waals surface area contributed by atoms with Gasteiger partial charge < -0.3 is 4.90 Å². The van der Waals surface area contributed by atoms with Gasteiger partial charge in [-0.3, -0.25) is 14.2 Å². The zero-order valence-electron chi connectivity index (χ0n) is 14.8. The highest BCUT2D eigenvalue weighted by Gasteiger charge is 2.20. The van der Waals surface area contributed by atoms with Crippen molar-refractivity contribution in [1.82, 2.24) is 14.0 Å². The van der Waals surface area contributed by atoms with Gasteiger partial charge in [0, 0.05) is 19.8 Å². The molecule has 1 amide bonds. The van der Waals surface area contributed by atoms with Crippen molar-refractivity contribution in [2.75, 3.05) is 7.05 Å². The zero-order chi connectivity index (χ0) is 19.4. The lowest BCUT2D eigenvalue weighted by molar-refractivity contribution is -0.132. The van der Waals surface area contributed by atoms with E-state index in [1.165, 1.54) is 34.8 Å². The van der Waals surface area contributed by atoms with Crippen LogP contribution in [0.5, 0.6) is 0 Å². The molecule has 1 heterocycles. The summed E-state index contributed by atoms with van der Waals surface area (Å²) in [6.07, 6.45) is 1.19. The van der Waals surface area contributed by atoms with E-state index in [1.807, 2.05) is 0 Å². The van der Waals surface area contributed by atoms with Crippen LogP contribution in [0.4, 0.5) is 4.39 Å². The number of nitrogens with zero attached hydrogens (tertiary/aromatic N) is 4. The Kier molecular flexibility index (Phi) is 5.72. The van der Waals surface area contributed by atoms with Crippen molar-refractivity contribution in [2.45, 2.75) is 33.0 Å². The van der Waals surface area contributed by atoms with Gasteiger partial charge in [-0.05, 0) is 31.5 Å².